The Balaban J connectivity index is 0.00000658. The summed E-state index contributed by atoms with van der Waals surface area (Å²) in [5.41, 5.74) is 11.4. The van der Waals surface area contributed by atoms with Gasteiger partial charge >= 0.3 is 0 Å². The molecule has 0 spiro atoms. The second-order valence-corrected chi connectivity index (χ2v) is 17.5. The zero-order chi connectivity index (χ0) is 56.9. The van der Waals surface area contributed by atoms with Crippen LogP contribution >= 0.6 is 0 Å². The average molecular weight is 1140 g/mol. The van der Waals surface area contributed by atoms with Gasteiger partial charge in [-0.2, -0.15) is 18.2 Å². The van der Waals surface area contributed by atoms with Crippen LogP contribution < -0.4 is 9.30 Å². The Morgan fingerprint density at radius 2 is 0.986 bits per heavy atom. The van der Waals surface area contributed by atoms with E-state index in [0.29, 0.717) is 34.1 Å². The molecular formula is C68H42N4OPt-2. The van der Waals surface area contributed by atoms with E-state index in [1.165, 1.54) is 0 Å². The molecular weight excluding hydrogens is 1080 g/mol. The summed E-state index contributed by atoms with van der Waals surface area (Å²) in [6.07, 6.45) is 3.44. The van der Waals surface area contributed by atoms with Gasteiger partial charge in [-0.05, 0) is 61.6 Å². The van der Waals surface area contributed by atoms with Gasteiger partial charge in [-0.25, -0.2) is 4.99 Å². The second-order valence-electron chi connectivity index (χ2n) is 17.5. The average Bonchev–Trinajstić information content (AvgIpc) is 3.40. The van der Waals surface area contributed by atoms with E-state index in [4.69, 9.17) is 23.4 Å². The van der Waals surface area contributed by atoms with Crippen molar-refractivity contribution in [1.29, 1.82) is 0 Å². The van der Waals surface area contributed by atoms with Gasteiger partial charge in [0.25, 0.3) is 6.33 Å². The first-order chi connectivity index (χ1) is 40.4. The van der Waals surface area contributed by atoms with Crippen LogP contribution in [-0.2, 0) is 21.1 Å². The van der Waals surface area contributed by atoms with E-state index < -0.39 is 60.4 Å². The summed E-state index contributed by atoms with van der Waals surface area (Å²) < 4.78 is 100. The van der Waals surface area contributed by atoms with Gasteiger partial charge in [-0.15, -0.1) is 29.7 Å². The third-order valence-electron chi connectivity index (χ3n) is 13.4. The summed E-state index contributed by atoms with van der Waals surface area (Å²) >= 11 is 0. The molecule has 0 unspecified atom stereocenters. The van der Waals surface area contributed by atoms with Gasteiger partial charge in [0.05, 0.1) is 36.1 Å². The molecule has 0 fully saturated rings. The maximum absolute atomic E-state index is 9.09. The molecule has 74 heavy (non-hydrogen) atoms. The van der Waals surface area contributed by atoms with Crippen LogP contribution in [-0.4, -0.2) is 15.0 Å². The smallest absolute Gasteiger partial charge is 0.268 e. The van der Waals surface area contributed by atoms with Crippen molar-refractivity contribution in [3.8, 4) is 78.5 Å². The number of rotatable bonds is 7. The number of hydrogen-bond acceptors (Lipinski definition) is 2. The molecule has 13 aromatic rings. The first kappa shape index (κ1) is 35.0. The van der Waals surface area contributed by atoms with Crippen LogP contribution in [0.3, 0.4) is 0 Å². The van der Waals surface area contributed by atoms with Crippen LogP contribution in [0.15, 0.2) is 260 Å². The van der Waals surface area contributed by atoms with Crippen LogP contribution in [0.25, 0.3) is 99.8 Å². The summed E-state index contributed by atoms with van der Waals surface area (Å²) in [6.45, 7) is 0. The zero-order valence-corrected chi connectivity index (χ0v) is 41.3. The minimum Gasteiger partial charge on any atom is -0.510 e. The van der Waals surface area contributed by atoms with E-state index in [1.54, 1.807) is 33.4 Å². The molecule has 0 saturated carbocycles. The van der Waals surface area contributed by atoms with E-state index in [1.807, 2.05) is 84.9 Å². The number of aliphatic imine (C=N–C) groups is 1. The first-order valence-corrected chi connectivity index (χ1v) is 23.7. The fraction of sp³-hybridized carbons (Fsp3) is 0. The van der Waals surface area contributed by atoms with Gasteiger partial charge in [0.1, 0.15) is 5.84 Å². The van der Waals surface area contributed by atoms with Gasteiger partial charge in [0.2, 0.25) is 0 Å². The fourth-order valence-corrected chi connectivity index (χ4v) is 10.2. The molecule has 14 rings (SSSR count). The predicted octanol–water partition coefficient (Wildman–Crippen LogP) is 16.5. The number of benzene rings is 11. The quantitative estimate of drug-likeness (QED) is 0.116. The van der Waals surface area contributed by atoms with E-state index in [0.717, 1.165) is 66.4 Å². The second kappa shape index (κ2) is 18.8. The number of hydrogen-bond donors (Lipinski definition) is 0. The van der Waals surface area contributed by atoms with Crippen LogP contribution in [0, 0.1) is 18.5 Å². The van der Waals surface area contributed by atoms with Crippen molar-refractivity contribution in [2.24, 2.45) is 4.99 Å². The van der Waals surface area contributed by atoms with E-state index >= 15 is 0 Å². The van der Waals surface area contributed by atoms with Crippen molar-refractivity contribution >= 4 is 44.4 Å². The number of para-hydroxylation sites is 5. The standard InChI is InChI=1S/C68H42N4O.Pt/c1-4-21-46(22-5-1)52-34-19-37-60-56-30-11-10-29-55(56)57-31-12-13-33-61(57)68(69-66(52)60)72-62-38-15-14-32-58(62)59-42-41-51(44-65(59)72)73-50-28-18-27-49(43-50)70-45-71(64-40-17-16-39-63(64)70)67-53(47-23-6-2-7-24-47)35-20-36-54(67)48-25-8-3-9-26-48;/h1-42H;/q-2;/i2D,3D,6D,7D,8D,9D,23D,24D,25D,26D;. The molecule has 5 nitrogen and oxygen atoms in total. The molecule has 352 valence electrons. The molecule has 0 saturated heterocycles. The Labute approximate surface area is 457 Å². The van der Waals surface area contributed by atoms with Gasteiger partial charge in [0.15, 0.2) is 0 Å². The monoisotopic (exact) mass is 1140 g/mol. The number of ether oxygens (including phenoxy) is 1. The predicted molar refractivity (Wildman–Crippen MR) is 296 cm³/mol. The zero-order valence-electron chi connectivity index (χ0n) is 49.0. The maximum atomic E-state index is 9.09. The Hall–Kier alpha value is -9.15. The Bertz CT molecular complexity index is 4780. The normalized spacial score (nSPS) is 13.6. The summed E-state index contributed by atoms with van der Waals surface area (Å²) in [5.74, 6) is 1.45. The van der Waals surface area contributed by atoms with Crippen molar-refractivity contribution in [1.82, 2.24) is 9.13 Å². The van der Waals surface area contributed by atoms with Crippen LogP contribution in [0.4, 0.5) is 5.69 Å². The maximum Gasteiger partial charge on any atom is 0.268 e. The van der Waals surface area contributed by atoms with Gasteiger partial charge in [-0.3, -0.25) is 4.57 Å². The molecule has 0 amide bonds. The Morgan fingerprint density at radius 3 is 1.72 bits per heavy atom. The molecule has 2 aromatic heterocycles. The summed E-state index contributed by atoms with van der Waals surface area (Å²) in [6, 6.07) is 65.0. The molecule has 0 aliphatic carbocycles. The molecule has 0 atom stereocenters. The molecule has 3 heterocycles. The number of aromatic nitrogens is 3. The SMILES string of the molecule is [2H]c1c([2H])c([2H])c(-c2cccc(-c3c([2H])c([2H])c([2H])c([2H])c3[2H])c2-[n+]2[c-]n(-c3[c-]c(Oc4[c-]c5c(cc4)c4ccccc4n5C4=Nc5c(-c6ccccc6)cccc5-c5ccccc5-c5ccccc54)ccc3)c3ccccc32)c([2H])c1[2H].[Pt]. The van der Waals surface area contributed by atoms with Crippen LogP contribution in [0.5, 0.6) is 11.5 Å². The van der Waals surface area contributed by atoms with Crippen LogP contribution in [0.2, 0.25) is 0 Å². The molecule has 1 aliphatic heterocycles. The van der Waals surface area contributed by atoms with Crippen LogP contribution in [0.1, 0.15) is 19.3 Å². The topological polar surface area (TPSA) is 35.3 Å². The molecule has 11 aromatic carbocycles. The third-order valence-corrected chi connectivity index (χ3v) is 13.4. The minimum atomic E-state index is -0.578. The van der Waals surface area contributed by atoms with Crippen molar-refractivity contribution in [3.63, 3.8) is 0 Å². The molecule has 0 bridgehead atoms. The number of imidazole rings is 1. The van der Waals surface area contributed by atoms with Gasteiger partial charge < -0.3 is 13.9 Å². The van der Waals surface area contributed by atoms with Crippen molar-refractivity contribution in [3.05, 3.63) is 279 Å². The van der Waals surface area contributed by atoms with Gasteiger partial charge in [0, 0.05) is 54.8 Å². The Kier molecular flexibility index (Phi) is 8.90. The van der Waals surface area contributed by atoms with Crippen molar-refractivity contribution in [2.45, 2.75) is 0 Å². The number of fused-ring (bicyclic) bond motifs is 9. The van der Waals surface area contributed by atoms with Crippen molar-refractivity contribution < 1.29 is 44.1 Å². The van der Waals surface area contributed by atoms with Gasteiger partial charge in [-0.1, -0.05) is 224 Å². The largest absolute Gasteiger partial charge is 0.510 e. The van der Waals surface area contributed by atoms with Crippen molar-refractivity contribution in [2.75, 3.05) is 0 Å². The molecule has 1 aliphatic rings. The van der Waals surface area contributed by atoms with E-state index in [-0.39, 0.29) is 49.0 Å². The molecule has 0 radical (unpaired) electrons. The third kappa shape index (κ3) is 7.60. The molecule has 6 heteroatoms. The summed E-state index contributed by atoms with van der Waals surface area (Å²) in [5, 5.41) is 1.94. The Morgan fingerprint density at radius 1 is 0.432 bits per heavy atom. The molecule has 0 N–H and O–H groups in total. The fourth-order valence-electron chi connectivity index (χ4n) is 10.2. The summed E-state index contributed by atoms with van der Waals surface area (Å²) in [4.78, 5) is 5.77. The minimum absolute atomic E-state index is 0. The number of nitrogens with zero attached hydrogens (tertiary/aromatic N) is 4. The summed E-state index contributed by atoms with van der Waals surface area (Å²) in [7, 11) is 0. The first-order valence-electron chi connectivity index (χ1n) is 28.7. The van der Waals surface area contributed by atoms with E-state index in [9.17, 15) is 0 Å². The van der Waals surface area contributed by atoms with E-state index in [2.05, 4.69) is 108 Å².